The fourth-order valence-electron chi connectivity index (χ4n) is 3.99. The summed E-state index contributed by atoms with van der Waals surface area (Å²) in [7, 11) is 0. The minimum absolute atomic E-state index is 0.751. The van der Waals surface area contributed by atoms with Crippen LogP contribution in [0.5, 0.6) is 0 Å². The molecule has 102 valence electrons. The van der Waals surface area contributed by atoms with Crippen LogP contribution >= 0.6 is 0 Å². The zero-order valence-corrected chi connectivity index (χ0v) is 12.9. The predicted molar refractivity (Wildman–Crippen MR) is 78.2 cm³/mol. The van der Waals surface area contributed by atoms with E-state index in [9.17, 15) is 0 Å². The minimum Gasteiger partial charge on any atom is -0.0654 e. The maximum Gasteiger partial charge on any atom is -0.0264 e. The second-order valence-electron chi connectivity index (χ2n) is 6.79. The summed E-state index contributed by atoms with van der Waals surface area (Å²) < 4.78 is 0. The van der Waals surface area contributed by atoms with Gasteiger partial charge < -0.3 is 0 Å². The summed E-state index contributed by atoms with van der Waals surface area (Å²) in [5, 5.41) is 0. The van der Waals surface area contributed by atoms with Crippen LogP contribution in [0.25, 0.3) is 0 Å². The predicted octanol–water partition coefficient (Wildman–Crippen LogP) is 6.06. The summed E-state index contributed by atoms with van der Waals surface area (Å²) in [6.45, 7) is 11.9. The monoisotopic (exact) mass is 238 g/mol. The molecule has 1 fully saturated rings. The van der Waals surface area contributed by atoms with Gasteiger partial charge in [-0.2, -0.15) is 0 Å². The van der Waals surface area contributed by atoms with Crippen LogP contribution in [0, 0.1) is 23.2 Å². The highest BCUT2D eigenvalue weighted by Crippen LogP contribution is 2.63. The molecule has 0 aromatic carbocycles. The van der Waals surface area contributed by atoms with Crippen molar-refractivity contribution in [3.63, 3.8) is 0 Å². The number of unbranched alkanes of at least 4 members (excludes halogenated alkanes) is 2. The van der Waals surface area contributed by atoms with Crippen molar-refractivity contribution >= 4 is 0 Å². The maximum absolute atomic E-state index is 2.42. The number of hydrogen-bond donors (Lipinski definition) is 0. The third kappa shape index (κ3) is 4.00. The highest BCUT2D eigenvalue weighted by molar-refractivity contribution is 5.04. The fraction of sp³-hybridized carbons (Fsp3) is 1.00. The molecule has 1 rings (SSSR count). The Morgan fingerprint density at radius 2 is 1.82 bits per heavy atom. The summed E-state index contributed by atoms with van der Waals surface area (Å²) >= 11 is 0. The molecular formula is C17H34. The Hall–Kier alpha value is 0. The van der Waals surface area contributed by atoms with Crippen molar-refractivity contribution in [3.8, 4) is 0 Å². The van der Waals surface area contributed by atoms with Crippen LogP contribution in [-0.2, 0) is 0 Å². The standard InChI is InChI=1S/C17H34/c1-6-9-10-11-15(7-2)16-13-17(16,8-3)12-14(4)5/h14-16H,6-13H2,1-5H3. The van der Waals surface area contributed by atoms with Crippen molar-refractivity contribution in [1.82, 2.24) is 0 Å². The summed E-state index contributed by atoms with van der Waals surface area (Å²) in [5.41, 5.74) is 0.751. The highest BCUT2D eigenvalue weighted by atomic mass is 14.6. The Balaban J connectivity index is 2.43. The van der Waals surface area contributed by atoms with Crippen LogP contribution in [0.15, 0.2) is 0 Å². The molecule has 1 saturated carbocycles. The van der Waals surface area contributed by atoms with Gasteiger partial charge in [0, 0.05) is 0 Å². The molecule has 0 amide bonds. The van der Waals surface area contributed by atoms with Gasteiger partial charge in [-0.25, -0.2) is 0 Å². The lowest BCUT2D eigenvalue weighted by Gasteiger charge is -2.22. The van der Waals surface area contributed by atoms with E-state index >= 15 is 0 Å². The molecule has 0 radical (unpaired) electrons. The highest BCUT2D eigenvalue weighted by Gasteiger charge is 2.54. The van der Waals surface area contributed by atoms with E-state index in [2.05, 4.69) is 34.6 Å². The second kappa shape index (κ2) is 6.81. The zero-order valence-electron chi connectivity index (χ0n) is 12.9. The summed E-state index contributed by atoms with van der Waals surface area (Å²) in [5.74, 6) is 2.98. The normalized spacial score (nSPS) is 29.6. The Morgan fingerprint density at radius 3 is 2.29 bits per heavy atom. The van der Waals surface area contributed by atoms with Crippen molar-refractivity contribution < 1.29 is 0 Å². The smallest absolute Gasteiger partial charge is 0.0264 e. The van der Waals surface area contributed by atoms with Crippen LogP contribution in [0.1, 0.15) is 86.0 Å². The summed E-state index contributed by atoms with van der Waals surface area (Å²) in [4.78, 5) is 0. The average Bonchev–Trinajstić information content (AvgIpc) is 2.98. The van der Waals surface area contributed by atoms with Gasteiger partial charge in [0.1, 0.15) is 0 Å². The zero-order chi connectivity index (χ0) is 12.9. The molecular weight excluding hydrogens is 204 g/mol. The van der Waals surface area contributed by atoms with E-state index < -0.39 is 0 Å². The Bertz CT molecular complexity index is 206. The minimum atomic E-state index is 0.751. The fourth-order valence-corrected chi connectivity index (χ4v) is 3.99. The molecule has 1 aliphatic rings. The van der Waals surface area contributed by atoms with Crippen molar-refractivity contribution in [2.75, 3.05) is 0 Å². The van der Waals surface area contributed by atoms with E-state index in [1.54, 1.807) is 0 Å². The molecule has 0 heteroatoms. The van der Waals surface area contributed by atoms with Crippen LogP contribution in [0.2, 0.25) is 0 Å². The van der Waals surface area contributed by atoms with Gasteiger partial charge in [0.2, 0.25) is 0 Å². The van der Waals surface area contributed by atoms with Gasteiger partial charge in [0.25, 0.3) is 0 Å². The van der Waals surface area contributed by atoms with Gasteiger partial charge in [-0.15, -0.1) is 0 Å². The molecule has 0 aromatic rings. The lowest BCUT2D eigenvalue weighted by Crippen LogP contribution is -2.13. The van der Waals surface area contributed by atoms with E-state index in [0.29, 0.717) is 0 Å². The van der Waals surface area contributed by atoms with Gasteiger partial charge in [0.15, 0.2) is 0 Å². The second-order valence-corrected chi connectivity index (χ2v) is 6.79. The molecule has 0 nitrogen and oxygen atoms in total. The van der Waals surface area contributed by atoms with E-state index in [1.807, 2.05) is 0 Å². The quantitative estimate of drug-likeness (QED) is 0.429. The molecule has 0 aromatic heterocycles. The van der Waals surface area contributed by atoms with Crippen molar-refractivity contribution in [2.24, 2.45) is 23.2 Å². The molecule has 3 atom stereocenters. The van der Waals surface area contributed by atoms with E-state index in [4.69, 9.17) is 0 Å². The van der Waals surface area contributed by atoms with Gasteiger partial charge >= 0.3 is 0 Å². The van der Waals surface area contributed by atoms with Gasteiger partial charge in [-0.3, -0.25) is 0 Å². The van der Waals surface area contributed by atoms with Crippen molar-refractivity contribution in [1.29, 1.82) is 0 Å². The molecule has 0 heterocycles. The summed E-state index contributed by atoms with van der Waals surface area (Å²) in [6.07, 6.45) is 11.6. The first-order valence-corrected chi connectivity index (χ1v) is 8.09. The van der Waals surface area contributed by atoms with Crippen LogP contribution < -0.4 is 0 Å². The molecule has 0 saturated heterocycles. The molecule has 1 aliphatic carbocycles. The Labute approximate surface area is 110 Å². The van der Waals surface area contributed by atoms with Crippen LogP contribution in [-0.4, -0.2) is 0 Å². The first kappa shape index (κ1) is 15.1. The van der Waals surface area contributed by atoms with Gasteiger partial charge in [0.05, 0.1) is 0 Å². The lowest BCUT2D eigenvalue weighted by molar-refractivity contribution is 0.278. The Kier molecular flexibility index (Phi) is 6.03. The first-order chi connectivity index (χ1) is 8.09. The SMILES string of the molecule is CCCCCC(CC)C1CC1(CC)CC(C)C. The third-order valence-electron chi connectivity index (χ3n) is 5.04. The largest absolute Gasteiger partial charge is 0.0654 e. The van der Waals surface area contributed by atoms with Crippen LogP contribution in [0.3, 0.4) is 0 Å². The number of hydrogen-bond acceptors (Lipinski definition) is 0. The molecule has 17 heavy (non-hydrogen) atoms. The molecule has 0 bridgehead atoms. The van der Waals surface area contributed by atoms with Gasteiger partial charge in [-0.05, 0) is 36.0 Å². The molecule has 3 unspecified atom stereocenters. The van der Waals surface area contributed by atoms with Crippen LogP contribution in [0.4, 0.5) is 0 Å². The number of rotatable bonds is 9. The maximum atomic E-state index is 2.42. The topological polar surface area (TPSA) is 0 Å². The van der Waals surface area contributed by atoms with E-state index in [-0.39, 0.29) is 0 Å². The van der Waals surface area contributed by atoms with E-state index in [0.717, 1.165) is 23.2 Å². The average molecular weight is 238 g/mol. The summed E-state index contributed by atoms with van der Waals surface area (Å²) in [6, 6.07) is 0. The Morgan fingerprint density at radius 1 is 1.12 bits per heavy atom. The van der Waals surface area contributed by atoms with Crippen molar-refractivity contribution in [2.45, 2.75) is 86.0 Å². The molecule has 0 N–H and O–H groups in total. The molecule has 0 spiro atoms. The first-order valence-electron chi connectivity index (χ1n) is 8.09. The van der Waals surface area contributed by atoms with E-state index in [1.165, 1.54) is 51.4 Å². The molecule has 0 aliphatic heterocycles. The van der Waals surface area contributed by atoms with Crippen molar-refractivity contribution in [3.05, 3.63) is 0 Å². The van der Waals surface area contributed by atoms with Gasteiger partial charge in [-0.1, -0.05) is 73.1 Å². The third-order valence-corrected chi connectivity index (χ3v) is 5.04. The lowest BCUT2D eigenvalue weighted by atomic mass is 9.83.